The molecule has 1 saturated heterocycles. The van der Waals surface area contributed by atoms with E-state index in [2.05, 4.69) is 22.6 Å². The first-order chi connectivity index (χ1) is 14.3. The van der Waals surface area contributed by atoms with E-state index in [4.69, 9.17) is 14.7 Å². The summed E-state index contributed by atoms with van der Waals surface area (Å²) in [6, 6.07) is 0.757. The molecule has 1 aliphatic heterocycles. The second-order valence-electron chi connectivity index (χ2n) is 10.2. The summed E-state index contributed by atoms with van der Waals surface area (Å²) >= 11 is 0. The lowest BCUT2D eigenvalue weighted by molar-refractivity contribution is 0.0218. The fourth-order valence-corrected chi connectivity index (χ4v) is 4.73. The maximum atomic E-state index is 12.5. The molecule has 1 atom stereocenters. The molecule has 7 nitrogen and oxygen atoms in total. The SMILES string of the molecule is C[C@H]1CN(C(=O)OC(C)(C)C)CCN1c1ncnc2c1c(C1CC1)cn2C1CCC1. The van der Waals surface area contributed by atoms with Gasteiger partial charge in [0.2, 0.25) is 0 Å². The Labute approximate surface area is 178 Å². The fraction of sp³-hybridized carbons (Fsp3) is 0.696. The number of piperazine rings is 1. The minimum absolute atomic E-state index is 0.170. The third-order valence-electron chi connectivity index (χ3n) is 6.66. The number of rotatable bonds is 3. The highest BCUT2D eigenvalue weighted by Gasteiger charge is 2.35. The number of fused-ring (bicyclic) bond motifs is 1. The normalized spacial score (nSPS) is 23.0. The predicted octanol–water partition coefficient (Wildman–Crippen LogP) is 4.48. The third kappa shape index (κ3) is 3.52. The van der Waals surface area contributed by atoms with Gasteiger partial charge in [-0.25, -0.2) is 14.8 Å². The summed E-state index contributed by atoms with van der Waals surface area (Å²) in [4.78, 5) is 26.2. The van der Waals surface area contributed by atoms with Crippen LogP contribution in [-0.2, 0) is 4.74 Å². The van der Waals surface area contributed by atoms with Gasteiger partial charge in [-0.05, 0) is 71.3 Å². The monoisotopic (exact) mass is 411 g/mol. The minimum atomic E-state index is -0.472. The summed E-state index contributed by atoms with van der Waals surface area (Å²) in [5.41, 5.74) is 2.04. The first-order valence-electron chi connectivity index (χ1n) is 11.4. The van der Waals surface area contributed by atoms with Crippen LogP contribution in [0.4, 0.5) is 10.6 Å². The van der Waals surface area contributed by atoms with Crippen molar-refractivity contribution in [3.63, 3.8) is 0 Å². The van der Waals surface area contributed by atoms with Crippen molar-refractivity contribution in [1.82, 2.24) is 19.4 Å². The van der Waals surface area contributed by atoms with Gasteiger partial charge in [-0.3, -0.25) is 0 Å². The largest absolute Gasteiger partial charge is 0.444 e. The molecule has 3 heterocycles. The predicted molar refractivity (Wildman–Crippen MR) is 117 cm³/mol. The molecule has 5 rings (SSSR count). The standard InChI is InChI=1S/C23H33N5O2/c1-15-12-26(22(29)30-23(2,3)4)10-11-27(15)20-19-18(16-8-9-16)13-28(17-6-5-7-17)21(19)25-14-24-20/h13-17H,5-12H2,1-4H3/t15-/m0/s1. The average Bonchev–Trinajstić information content (AvgIpc) is 3.41. The van der Waals surface area contributed by atoms with Crippen molar-refractivity contribution in [2.24, 2.45) is 0 Å². The third-order valence-corrected chi connectivity index (χ3v) is 6.66. The van der Waals surface area contributed by atoms with Crippen LogP contribution >= 0.6 is 0 Å². The maximum absolute atomic E-state index is 12.5. The Kier molecular flexibility index (Phi) is 4.67. The second-order valence-corrected chi connectivity index (χ2v) is 10.2. The van der Waals surface area contributed by atoms with Crippen LogP contribution in [0, 0.1) is 0 Å². The van der Waals surface area contributed by atoms with Gasteiger partial charge in [-0.1, -0.05) is 0 Å². The molecular formula is C23H33N5O2. The number of carbonyl (C=O) groups excluding carboxylic acids is 1. The van der Waals surface area contributed by atoms with Crippen LogP contribution in [0.15, 0.2) is 12.5 Å². The fourth-order valence-electron chi connectivity index (χ4n) is 4.73. The number of aromatic nitrogens is 3. The van der Waals surface area contributed by atoms with Crippen molar-refractivity contribution in [2.45, 2.75) is 83.4 Å². The zero-order chi connectivity index (χ0) is 21.0. The van der Waals surface area contributed by atoms with Crippen LogP contribution in [-0.4, -0.2) is 56.8 Å². The molecule has 0 aromatic carbocycles. The van der Waals surface area contributed by atoms with E-state index >= 15 is 0 Å². The number of nitrogens with zero attached hydrogens (tertiary/aromatic N) is 5. The molecule has 7 heteroatoms. The molecule has 2 aromatic heterocycles. The van der Waals surface area contributed by atoms with Gasteiger partial charge in [0.1, 0.15) is 23.4 Å². The van der Waals surface area contributed by atoms with E-state index in [-0.39, 0.29) is 12.1 Å². The van der Waals surface area contributed by atoms with Crippen LogP contribution in [0.1, 0.15) is 77.3 Å². The molecular weight excluding hydrogens is 378 g/mol. The van der Waals surface area contributed by atoms with Crippen LogP contribution in [0.2, 0.25) is 0 Å². The molecule has 2 aromatic rings. The summed E-state index contributed by atoms with van der Waals surface area (Å²) in [6.07, 6.45) is 10.2. The van der Waals surface area contributed by atoms with Crippen LogP contribution in [0.3, 0.4) is 0 Å². The summed E-state index contributed by atoms with van der Waals surface area (Å²) in [5.74, 6) is 1.69. The molecule has 162 valence electrons. The van der Waals surface area contributed by atoms with Crippen molar-refractivity contribution >= 4 is 22.9 Å². The van der Waals surface area contributed by atoms with Crippen molar-refractivity contribution in [3.8, 4) is 0 Å². The van der Waals surface area contributed by atoms with Gasteiger partial charge in [-0.15, -0.1) is 0 Å². The highest BCUT2D eigenvalue weighted by Crippen LogP contribution is 2.47. The Bertz CT molecular complexity index is 954. The Morgan fingerprint density at radius 3 is 2.50 bits per heavy atom. The van der Waals surface area contributed by atoms with Gasteiger partial charge in [0.25, 0.3) is 0 Å². The van der Waals surface area contributed by atoms with Crippen molar-refractivity contribution in [3.05, 3.63) is 18.1 Å². The lowest BCUT2D eigenvalue weighted by Crippen LogP contribution is -2.54. The van der Waals surface area contributed by atoms with E-state index in [1.54, 1.807) is 6.33 Å². The summed E-state index contributed by atoms with van der Waals surface area (Å²) in [6.45, 7) is 9.95. The van der Waals surface area contributed by atoms with Gasteiger partial charge in [-0.2, -0.15) is 0 Å². The number of amides is 1. The molecule has 0 bridgehead atoms. The zero-order valence-electron chi connectivity index (χ0n) is 18.6. The first-order valence-corrected chi connectivity index (χ1v) is 11.4. The number of hydrogen-bond donors (Lipinski definition) is 0. The molecule has 0 spiro atoms. The van der Waals surface area contributed by atoms with E-state index in [9.17, 15) is 4.79 Å². The highest BCUT2D eigenvalue weighted by atomic mass is 16.6. The summed E-state index contributed by atoms with van der Waals surface area (Å²) < 4.78 is 8.00. The summed E-state index contributed by atoms with van der Waals surface area (Å²) in [7, 11) is 0. The molecule has 30 heavy (non-hydrogen) atoms. The van der Waals surface area contributed by atoms with E-state index in [1.807, 2.05) is 25.7 Å². The van der Waals surface area contributed by atoms with Crippen molar-refractivity contribution < 1.29 is 9.53 Å². The smallest absolute Gasteiger partial charge is 0.410 e. The quantitative estimate of drug-likeness (QED) is 0.745. The van der Waals surface area contributed by atoms with Crippen LogP contribution in [0.25, 0.3) is 11.0 Å². The number of hydrogen-bond acceptors (Lipinski definition) is 5. The maximum Gasteiger partial charge on any atom is 0.410 e. The number of carbonyl (C=O) groups is 1. The van der Waals surface area contributed by atoms with Crippen molar-refractivity contribution in [1.29, 1.82) is 0 Å². The molecule has 0 N–H and O–H groups in total. The Morgan fingerprint density at radius 1 is 1.13 bits per heavy atom. The van der Waals surface area contributed by atoms with E-state index in [1.165, 1.54) is 43.1 Å². The Hall–Kier alpha value is -2.31. The van der Waals surface area contributed by atoms with E-state index in [0.717, 1.165) is 18.0 Å². The van der Waals surface area contributed by atoms with Crippen LogP contribution in [0.5, 0.6) is 0 Å². The zero-order valence-corrected chi connectivity index (χ0v) is 18.6. The number of anilines is 1. The Morgan fingerprint density at radius 2 is 1.90 bits per heavy atom. The summed E-state index contributed by atoms with van der Waals surface area (Å²) in [5, 5.41) is 1.24. The molecule has 3 aliphatic rings. The lowest BCUT2D eigenvalue weighted by atomic mass is 9.93. The Balaban J connectivity index is 1.44. The van der Waals surface area contributed by atoms with Gasteiger partial charge in [0.15, 0.2) is 0 Å². The lowest BCUT2D eigenvalue weighted by Gasteiger charge is -2.41. The number of ether oxygens (including phenoxy) is 1. The molecule has 0 unspecified atom stereocenters. The molecule has 3 fully saturated rings. The first kappa shape index (κ1) is 19.6. The van der Waals surface area contributed by atoms with Gasteiger partial charge in [0, 0.05) is 37.9 Å². The second kappa shape index (κ2) is 7.13. The van der Waals surface area contributed by atoms with E-state index < -0.39 is 5.60 Å². The highest BCUT2D eigenvalue weighted by molar-refractivity contribution is 5.92. The topological polar surface area (TPSA) is 63.5 Å². The van der Waals surface area contributed by atoms with Gasteiger partial charge < -0.3 is 19.1 Å². The molecule has 0 radical (unpaired) electrons. The van der Waals surface area contributed by atoms with Crippen LogP contribution < -0.4 is 4.90 Å². The van der Waals surface area contributed by atoms with Crippen molar-refractivity contribution in [2.75, 3.05) is 24.5 Å². The molecule has 1 amide bonds. The average molecular weight is 412 g/mol. The van der Waals surface area contributed by atoms with Gasteiger partial charge >= 0.3 is 6.09 Å². The van der Waals surface area contributed by atoms with E-state index in [0.29, 0.717) is 25.0 Å². The molecule has 2 aliphatic carbocycles. The molecule has 2 saturated carbocycles. The van der Waals surface area contributed by atoms with Gasteiger partial charge in [0.05, 0.1) is 5.39 Å². The minimum Gasteiger partial charge on any atom is -0.444 e.